The fraction of sp³-hybridized carbons (Fsp3) is 0.100. The van der Waals surface area contributed by atoms with Gasteiger partial charge in [0.1, 0.15) is 0 Å². The van der Waals surface area contributed by atoms with Crippen LogP contribution in [0.2, 0.25) is 10.0 Å². The molecule has 1 aromatic rings. The van der Waals surface area contributed by atoms with Gasteiger partial charge < -0.3 is 5.32 Å². The maximum atomic E-state index is 11.7. The lowest BCUT2D eigenvalue weighted by molar-refractivity contribution is -0.384. The summed E-state index contributed by atoms with van der Waals surface area (Å²) in [5, 5.41) is 13.1. The summed E-state index contributed by atoms with van der Waals surface area (Å²) in [6.45, 7) is 3.41. The highest BCUT2D eigenvalue weighted by molar-refractivity contribution is 6.44. The van der Waals surface area contributed by atoms with Crippen LogP contribution in [0.15, 0.2) is 23.7 Å². The number of hydrogen-bond acceptors (Lipinski definition) is 3. The van der Waals surface area contributed by atoms with Gasteiger partial charge in [0.2, 0.25) is 0 Å². The first-order chi connectivity index (χ1) is 8.32. The summed E-state index contributed by atoms with van der Waals surface area (Å²) in [5.74, 6) is -0.618. The second kappa shape index (κ2) is 6.04. The van der Waals surface area contributed by atoms with E-state index >= 15 is 0 Å². The van der Waals surface area contributed by atoms with Crippen molar-refractivity contribution in [1.82, 2.24) is 5.32 Å². The molecule has 0 spiro atoms. The minimum Gasteiger partial charge on any atom is -0.347 e. The molecule has 0 fully saturated rings. The first-order valence-corrected chi connectivity index (χ1v) is 5.71. The van der Waals surface area contributed by atoms with Gasteiger partial charge in [0.15, 0.2) is 0 Å². The Balaban J connectivity index is 3.10. The first kappa shape index (κ1) is 14.8. The highest BCUT2D eigenvalue weighted by Crippen LogP contribution is 2.30. The lowest BCUT2D eigenvalue weighted by Gasteiger charge is -2.07. The van der Waals surface area contributed by atoms with E-state index in [9.17, 15) is 14.9 Å². The fourth-order valence-electron chi connectivity index (χ4n) is 1.12. The van der Waals surface area contributed by atoms with Crippen molar-refractivity contribution >= 4 is 46.4 Å². The lowest BCUT2D eigenvalue weighted by Crippen LogP contribution is -2.24. The summed E-state index contributed by atoms with van der Waals surface area (Å²) in [6, 6.07) is 2.11. The van der Waals surface area contributed by atoms with Gasteiger partial charge in [0.05, 0.1) is 27.1 Å². The number of rotatable bonds is 4. The molecule has 0 atom stereocenters. The van der Waals surface area contributed by atoms with Crippen molar-refractivity contribution in [2.75, 3.05) is 6.54 Å². The average molecular weight is 310 g/mol. The molecular weight excluding hydrogens is 302 g/mol. The van der Waals surface area contributed by atoms with E-state index in [0.717, 1.165) is 12.1 Å². The number of nitro benzene ring substituents is 1. The zero-order valence-electron chi connectivity index (χ0n) is 8.87. The molecule has 8 heteroatoms. The third-order valence-corrected chi connectivity index (χ3v) is 2.84. The third-order valence-electron chi connectivity index (χ3n) is 1.91. The highest BCUT2D eigenvalue weighted by Gasteiger charge is 2.19. The van der Waals surface area contributed by atoms with Crippen LogP contribution < -0.4 is 5.32 Å². The van der Waals surface area contributed by atoms with Crippen molar-refractivity contribution in [2.45, 2.75) is 0 Å². The molecule has 18 heavy (non-hydrogen) atoms. The van der Waals surface area contributed by atoms with Gasteiger partial charge in [-0.15, -0.1) is 0 Å². The van der Waals surface area contributed by atoms with Gasteiger partial charge in [-0.2, -0.15) is 0 Å². The summed E-state index contributed by atoms with van der Waals surface area (Å²) < 4.78 is 0. The monoisotopic (exact) mass is 308 g/mol. The van der Waals surface area contributed by atoms with Gasteiger partial charge in [0.25, 0.3) is 11.6 Å². The summed E-state index contributed by atoms with van der Waals surface area (Å²) in [6.07, 6.45) is 0. The molecule has 0 saturated carbocycles. The van der Waals surface area contributed by atoms with Gasteiger partial charge in [-0.25, -0.2) is 0 Å². The number of amides is 1. The van der Waals surface area contributed by atoms with E-state index in [0.29, 0.717) is 0 Å². The lowest BCUT2D eigenvalue weighted by atomic mass is 10.2. The topological polar surface area (TPSA) is 72.2 Å². The van der Waals surface area contributed by atoms with Gasteiger partial charge in [0, 0.05) is 17.2 Å². The first-order valence-electron chi connectivity index (χ1n) is 4.58. The van der Waals surface area contributed by atoms with Crippen molar-refractivity contribution in [3.63, 3.8) is 0 Å². The van der Waals surface area contributed by atoms with Crippen LogP contribution in [0.5, 0.6) is 0 Å². The van der Waals surface area contributed by atoms with Crippen molar-refractivity contribution in [2.24, 2.45) is 0 Å². The van der Waals surface area contributed by atoms with Crippen LogP contribution in [0.1, 0.15) is 10.4 Å². The quantitative estimate of drug-likeness (QED) is 0.684. The normalized spacial score (nSPS) is 9.94. The molecular formula is C10H7Cl3N2O3. The second-order valence-corrected chi connectivity index (χ2v) is 4.57. The van der Waals surface area contributed by atoms with E-state index in [4.69, 9.17) is 34.8 Å². The molecule has 1 amide bonds. The number of hydrogen-bond donors (Lipinski definition) is 1. The Hall–Kier alpha value is -1.30. The standard InChI is InChI=1S/C10H7Cl3N2O3/c1-5(11)4-14-10(16)7-2-6(15(17)18)3-8(12)9(7)13/h2-3H,1,4H2,(H,14,16). The fourth-order valence-corrected chi connectivity index (χ4v) is 1.59. The number of nitrogens with zero attached hydrogens (tertiary/aromatic N) is 1. The Bertz CT molecular complexity index is 531. The molecule has 96 valence electrons. The van der Waals surface area contributed by atoms with Crippen LogP contribution in [-0.4, -0.2) is 17.4 Å². The molecule has 0 bridgehead atoms. The van der Waals surface area contributed by atoms with Crippen LogP contribution in [0.4, 0.5) is 5.69 Å². The van der Waals surface area contributed by atoms with E-state index < -0.39 is 10.8 Å². The highest BCUT2D eigenvalue weighted by atomic mass is 35.5. The number of benzene rings is 1. The molecule has 0 heterocycles. The molecule has 1 N–H and O–H groups in total. The summed E-state index contributed by atoms with van der Waals surface area (Å²) >= 11 is 17.0. The molecule has 0 saturated heterocycles. The SMILES string of the molecule is C=C(Cl)CNC(=O)c1cc([N+](=O)[O-])cc(Cl)c1Cl. The minimum absolute atomic E-state index is 0.0248. The van der Waals surface area contributed by atoms with Crippen LogP contribution >= 0.6 is 34.8 Å². The zero-order valence-corrected chi connectivity index (χ0v) is 11.1. The molecule has 0 aliphatic rings. The third kappa shape index (κ3) is 3.60. The predicted molar refractivity (Wildman–Crippen MR) is 70.4 cm³/mol. The molecule has 0 aliphatic heterocycles. The zero-order chi connectivity index (χ0) is 13.9. The van der Waals surface area contributed by atoms with E-state index in [1.165, 1.54) is 0 Å². The number of nitro groups is 1. The van der Waals surface area contributed by atoms with Gasteiger partial charge >= 0.3 is 0 Å². The summed E-state index contributed by atoms with van der Waals surface area (Å²) in [4.78, 5) is 21.7. The smallest absolute Gasteiger partial charge is 0.271 e. The second-order valence-electron chi connectivity index (χ2n) is 3.25. The Morgan fingerprint density at radius 2 is 2.06 bits per heavy atom. The van der Waals surface area contributed by atoms with Crippen LogP contribution in [-0.2, 0) is 0 Å². The number of nitrogens with one attached hydrogen (secondary N) is 1. The maximum Gasteiger partial charge on any atom is 0.271 e. The molecule has 0 radical (unpaired) electrons. The van der Waals surface area contributed by atoms with Gasteiger partial charge in [-0.05, 0) is 0 Å². The van der Waals surface area contributed by atoms with Crippen LogP contribution in [0.3, 0.4) is 0 Å². The molecule has 0 aromatic heterocycles. The van der Waals surface area contributed by atoms with Crippen molar-refractivity contribution in [3.05, 3.63) is 49.5 Å². The molecule has 1 aromatic carbocycles. The summed E-state index contributed by atoms with van der Waals surface area (Å²) in [5.41, 5.74) is -0.409. The summed E-state index contributed by atoms with van der Waals surface area (Å²) in [7, 11) is 0. The maximum absolute atomic E-state index is 11.7. The van der Waals surface area contributed by atoms with E-state index in [2.05, 4.69) is 11.9 Å². The molecule has 0 unspecified atom stereocenters. The van der Waals surface area contributed by atoms with Crippen LogP contribution in [0.25, 0.3) is 0 Å². The average Bonchev–Trinajstić information content (AvgIpc) is 2.29. The van der Waals surface area contributed by atoms with E-state index in [-0.39, 0.29) is 32.9 Å². The Kier molecular flexibility index (Phi) is 4.95. The van der Waals surface area contributed by atoms with Crippen molar-refractivity contribution in [1.29, 1.82) is 0 Å². The van der Waals surface area contributed by atoms with Crippen molar-refractivity contribution < 1.29 is 9.72 Å². The van der Waals surface area contributed by atoms with Gasteiger partial charge in [-0.1, -0.05) is 41.4 Å². The molecule has 0 aliphatic carbocycles. The number of carbonyl (C=O) groups excluding carboxylic acids is 1. The Morgan fingerprint density at radius 3 is 2.56 bits per heavy atom. The van der Waals surface area contributed by atoms with E-state index in [1.807, 2.05) is 0 Å². The van der Waals surface area contributed by atoms with Gasteiger partial charge in [-0.3, -0.25) is 14.9 Å². The number of non-ortho nitro benzene ring substituents is 1. The number of halogens is 3. The minimum atomic E-state index is -0.667. The Morgan fingerprint density at radius 1 is 1.44 bits per heavy atom. The van der Waals surface area contributed by atoms with E-state index in [1.54, 1.807) is 0 Å². The van der Waals surface area contributed by atoms with Crippen molar-refractivity contribution in [3.8, 4) is 0 Å². The van der Waals surface area contributed by atoms with Crippen LogP contribution in [0, 0.1) is 10.1 Å². The number of carbonyl (C=O) groups is 1. The predicted octanol–water partition coefficient (Wildman–Crippen LogP) is 3.38. The largest absolute Gasteiger partial charge is 0.347 e. The molecule has 5 nitrogen and oxygen atoms in total. The molecule has 1 rings (SSSR count). The Labute approximate surface area is 117 Å².